The zero-order valence-electron chi connectivity index (χ0n) is 16.7. The number of benzene rings is 1. The lowest BCUT2D eigenvalue weighted by Gasteiger charge is -2.18. The fourth-order valence-electron chi connectivity index (χ4n) is 2.50. The van der Waals surface area contributed by atoms with E-state index in [1.807, 2.05) is 6.07 Å². The molecule has 0 bridgehead atoms. The number of anilines is 2. The zero-order chi connectivity index (χ0) is 21.8. The van der Waals surface area contributed by atoms with Gasteiger partial charge in [0.2, 0.25) is 0 Å². The summed E-state index contributed by atoms with van der Waals surface area (Å²) < 4.78 is 14.5. The van der Waals surface area contributed by atoms with Crippen LogP contribution in [0.25, 0.3) is 10.6 Å². The number of nitrogens with zero attached hydrogens (tertiary/aromatic N) is 3. The fraction of sp³-hybridized carbons (Fsp3) is 0.250. The molecule has 0 radical (unpaired) electrons. The van der Waals surface area contributed by atoms with Gasteiger partial charge in [0.05, 0.1) is 5.69 Å². The molecule has 7 nitrogen and oxygen atoms in total. The van der Waals surface area contributed by atoms with E-state index in [-0.39, 0.29) is 16.4 Å². The van der Waals surface area contributed by atoms with Crippen molar-refractivity contribution in [3.63, 3.8) is 0 Å². The summed E-state index contributed by atoms with van der Waals surface area (Å²) in [6, 6.07) is 6.50. The maximum atomic E-state index is 14.5. The summed E-state index contributed by atoms with van der Waals surface area (Å²) in [6.07, 6.45) is 2.63. The molecule has 4 N–H and O–H groups in total. The van der Waals surface area contributed by atoms with Gasteiger partial charge in [-0.15, -0.1) is 23.1 Å². The van der Waals surface area contributed by atoms with Crippen molar-refractivity contribution in [2.45, 2.75) is 18.0 Å². The first-order valence-corrected chi connectivity index (χ1v) is 10.8. The molecule has 0 spiro atoms. The second-order valence-corrected chi connectivity index (χ2v) is 8.84. The van der Waals surface area contributed by atoms with Crippen LogP contribution < -0.4 is 11.1 Å². The third-order valence-corrected chi connectivity index (χ3v) is 6.60. The Balaban J connectivity index is 1.80. The average molecular weight is 448 g/mol. The number of carbonyl (C=O) groups is 1. The summed E-state index contributed by atoms with van der Waals surface area (Å²) >= 11 is 2.50. The van der Waals surface area contributed by atoms with Gasteiger partial charge < -0.3 is 16.2 Å². The van der Waals surface area contributed by atoms with Crippen LogP contribution in [-0.2, 0) is 0 Å². The van der Waals surface area contributed by atoms with Gasteiger partial charge in [-0.05, 0) is 50.8 Å². The monoisotopic (exact) mass is 447 g/mol. The van der Waals surface area contributed by atoms with Crippen LogP contribution in [-0.4, -0.2) is 52.0 Å². The summed E-state index contributed by atoms with van der Waals surface area (Å²) in [4.78, 5) is 23.6. The number of thioether (sulfide) groups is 1. The molecule has 1 unspecified atom stereocenters. The Morgan fingerprint density at radius 2 is 2.20 bits per heavy atom. The molecule has 1 aromatic carbocycles. The lowest BCUT2D eigenvalue weighted by molar-refractivity contribution is 0.0621. The quantitative estimate of drug-likeness (QED) is 0.376. The highest BCUT2D eigenvalue weighted by atomic mass is 32.2. The molecule has 10 heteroatoms. The number of aliphatic hydroxyl groups is 1. The van der Waals surface area contributed by atoms with E-state index in [1.54, 1.807) is 50.4 Å². The molecule has 3 rings (SSSR count). The van der Waals surface area contributed by atoms with Crippen LogP contribution in [0, 0.1) is 12.7 Å². The number of thiazole rings is 1. The smallest absolute Gasteiger partial charge is 0.269 e. The van der Waals surface area contributed by atoms with Gasteiger partial charge in [-0.1, -0.05) is 0 Å². The van der Waals surface area contributed by atoms with E-state index in [4.69, 9.17) is 5.73 Å². The van der Waals surface area contributed by atoms with Gasteiger partial charge in [0, 0.05) is 28.6 Å². The Morgan fingerprint density at radius 3 is 2.87 bits per heavy atom. The molecule has 0 aliphatic rings. The molecule has 0 saturated carbocycles. The summed E-state index contributed by atoms with van der Waals surface area (Å²) in [5, 5.41) is 13.1. The van der Waals surface area contributed by atoms with Gasteiger partial charge in [-0.3, -0.25) is 14.7 Å². The van der Waals surface area contributed by atoms with Gasteiger partial charge in [0.1, 0.15) is 27.7 Å². The van der Waals surface area contributed by atoms with Crippen molar-refractivity contribution in [1.82, 2.24) is 14.9 Å². The highest BCUT2D eigenvalue weighted by Crippen LogP contribution is 2.32. The van der Waals surface area contributed by atoms with Crippen LogP contribution in [0.4, 0.5) is 15.9 Å². The number of nitrogens with two attached hydrogens (primary N) is 1. The van der Waals surface area contributed by atoms with Gasteiger partial charge in [-0.25, -0.2) is 9.37 Å². The van der Waals surface area contributed by atoms with Crippen molar-refractivity contribution < 1.29 is 14.3 Å². The molecule has 1 amide bonds. The molecule has 0 aliphatic carbocycles. The summed E-state index contributed by atoms with van der Waals surface area (Å²) in [6.45, 7) is 1.78. The SMILES string of the molecule is Cc1cc(F)c(NC(=O)c2sc(-c3cccnc3)nc2N)cc1SCC(O)N(C)C. The molecule has 2 aromatic heterocycles. The molecular formula is C20H22FN5O2S2. The molecule has 0 aliphatic heterocycles. The summed E-state index contributed by atoms with van der Waals surface area (Å²) in [5.41, 5.74) is 7.43. The largest absolute Gasteiger partial charge is 0.382 e. The second-order valence-electron chi connectivity index (χ2n) is 6.78. The van der Waals surface area contributed by atoms with Gasteiger partial charge >= 0.3 is 0 Å². The highest BCUT2D eigenvalue weighted by Gasteiger charge is 2.19. The number of rotatable bonds is 7. The number of pyridine rings is 1. The standard InChI is InChI=1S/C20H22FN5O2S2/c1-11-7-13(21)14(8-15(11)29-10-16(27)26(2)3)24-19(28)17-18(22)25-20(30-17)12-5-4-6-23-9-12/h4-9,16,27H,10,22H2,1-3H3,(H,24,28). The van der Waals surface area contributed by atoms with Crippen molar-refractivity contribution in [1.29, 1.82) is 0 Å². The Labute approximate surface area is 182 Å². The summed E-state index contributed by atoms with van der Waals surface area (Å²) in [5.74, 6) is -0.600. The van der Waals surface area contributed by atoms with Crippen LogP contribution in [0.15, 0.2) is 41.6 Å². The first kappa shape index (κ1) is 22.2. The zero-order valence-corrected chi connectivity index (χ0v) is 18.4. The molecule has 0 saturated heterocycles. The lowest BCUT2D eigenvalue weighted by Crippen LogP contribution is -2.29. The van der Waals surface area contributed by atoms with E-state index in [1.165, 1.54) is 17.8 Å². The fourth-order valence-corrected chi connectivity index (χ4v) is 4.49. The van der Waals surface area contributed by atoms with Crippen LogP contribution in [0.2, 0.25) is 0 Å². The van der Waals surface area contributed by atoms with E-state index in [0.717, 1.165) is 27.4 Å². The maximum absolute atomic E-state index is 14.5. The van der Waals surface area contributed by atoms with Crippen LogP contribution >= 0.6 is 23.1 Å². The van der Waals surface area contributed by atoms with Gasteiger partial charge in [0.25, 0.3) is 5.91 Å². The number of hydrogen-bond acceptors (Lipinski definition) is 8. The highest BCUT2D eigenvalue weighted by molar-refractivity contribution is 7.99. The number of amides is 1. The second kappa shape index (κ2) is 9.52. The van der Waals surface area contributed by atoms with Crippen molar-refractivity contribution in [2.75, 3.05) is 30.9 Å². The van der Waals surface area contributed by atoms with Crippen LogP contribution in [0.3, 0.4) is 0 Å². The Kier molecular flexibility index (Phi) is 7.03. The third kappa shape index (κ3) is 5.14. The molecule has 3 aromatic rings. The van der Waals surface area contributed by atoms with Crippen LogP contribution in [0.1, 0.15) is 15.2 Å². The summed E-state index contributed by atoms with van der Waals surface area (Å²) in [7, 11) is 3.54. The number of nitrogens with one attached hydrogen (secondary N) is 1. The molecular weight excluding hydrogens is 425 g/mol. The van der Waals surface area contributed by atoms with Crippen molar-refractivity contribution in [3.8, 4) is 10.6 Å². The molecule has 30 heavy (non-hydrogen) atoms. The topological polar surface area (TPSA) is 104 Å². The molecule has 0 fully saturated rings. The number of aromatic nitrogens is 2. The molecule has 158 valence electrons. The number of nitrogen functional groups attached to an aromatic ring is 1. The lowest BCUT2D eigenvalue weighted by atomic mass is 10.2. The first-order chi connectivity index (χ1) is 14.3. The van der Waals surface area contributed by atoms with Crippen LogP contribution in [0.5, 0.6) is 0 Å². The maximum Gasteiger partial charge on any atom is 0.269 e. The van der Waals surface area contributed by atoms with Crippen molar-refractivity contribution >= 4 is 40.5 Å². The third-order valence-electron chi connectivity index (χ3n) is 4.26. The number of aliphatic hydroxyl groups excluding tert-OH is 1. The Hall–Kier alpha value is -2.53. The first-order valence-electron chi connectivity index (χ1n) is 9.01. The minimum absolute atomic E-state index is 0.0446. The van der Waals surface area contributed by atoms with E-state index >= 15 is 0 Å². The molecule has 1 atom stereocenters. The van der Waals surface area contributed by atoms with Gasteiger partial charge in [0.15, 0.2) is 0 Å². The Bertz CT molecular complexity index is 1040. The van der Waals surface area contributed by atoms with E-state index in [9.17, 15) is 14.3 Å². The van der Waals surface area contributed by atoms with E-state index < -0.39 is 18.0 Å². The number of hydrogen-bond donors (Lipinski definition) is 3. The molecule has 2 heterocycles. The van der Waals surface area contributed by atoms with E-state index in [2.05, 4.69) is 15.3 Å². The predicted molar refractivity (Wildman–Crippen MR) is 119 cm³/mol. The van der Waals surface area contributed by atoms with Crippen molar-refractivity contribution in [3.05, 3.63) is 52.9 Å². The average Bonchev–Trinajstić information content (AvgIpc) is 3.11. The number of halogens is 1. The number of carbonyl (C=O) groups excluding carboxylic acids is 1. The normalized spacial score (nSPS) is 12.2. The number of aryl methyl sites for hydroxylation is 1. The Morgan fingerprint density at radius 1 is 1.43 bits per heavy atom. The van der Waals surface area contributed by atoms with E-state index in [0.29, 0.717) is 10.8 Å². The van der Waals surface area contributed by atoms with Gasteiger partial charge in [-0.2, -0.15) is 0 Å². The minimum Gasteiger partial charge on any atom is -0.382 e. The predicted octanol–water partition coefficient (Wildman–Crippen LogP) is 3.46. The van der Waals surface area contributed by atoms with Crippen molar-refractivity contribution in [2.24, 2.45) is 0 Å². The minimum atomic E-state index is -0.639.